The number of anilines is 1. The fourth-order valence-corrected chi connectivity index (χ4v) is 5.33. The zero-order valence-corrected chi connectivity index (χ0v) is 21.1. The van der Waals surface area contributed by atoms with Crippen LogP contribution >= 0.6 is 0 Å². The maximum Gasteiger partial charge on any atom is 0.307 e. The van der Waals surface area contributed by atoms with Gasteiger partial charge in [-0.3, -0.25) is 14.6 Å². The highest BCUT2D eigenvalue weighted by molar-refractivity contribution is 5.93. The van der Waals surface area contributed by atoms with E-state index < -0.39 is 35.4 Å². The minimum absolute atomic E-state index is 0.0878. The molecule has 5 N–H and O–H groups in total. The summed E-state index contributed by atoms with van der Waals surface area (Å²) in [6.07, 6.45) is 3.19. The van der Waals surface area contributed by atoms with Crippen molar-refractivity contribution in [1.82, 2.24) is 14.6 Å². The molecule has 2 aliphatic rings. The van der Waals surface area contributed by atoms with Gasteiger partial charge in [-0.25, -0.2) is 9.50 Å². The van der Waals surface area contributed by atoms with Gasteiger partial charge in [0.05, 0.1) is 18.7 Å². The Bertz CT molecular complexity index is 1130. The fraction of sp³-hybridized carbons (Fsp3) is 0.640. The van der Waals surface area contributed by atoms with Gasteiger partial charge < -0.3 is 30.7 Å². The normalized spacial score (nSPS) is 27.2. The first-order chi connectivity index (χ1) is 17.7. The van der Waals surface area contributed by atoms with Gasteiger partial charge in [0.1, 0.15) is 36.8 Å². The fourth-order valence-electron chi connectivity index (χ4n) is 5.33. The quantitative estimate of drug-likeness (QED) is 0.266. The van der Waals surface area contributed by atoms with Crippen molar-refractivity contribution in [3.63, 3.8) is 0 Å². The maximum atomic E-state index is 12.5. The van der Waals surface area contributed by atoms with Crippen molar-refractivity contribution < 1.29 is 29.3 Å². The van der Waals surface area contributed by atoms with Crippen LogP contribution in [0.25, 0.3) is 5.52 Å². The molecule has 0 radical (unpaired) electrons. The van der Waals surface area contributed by atoms with Gasteiger partial charge in [0.25, 0.3) is 0 Å². The number of aliphatic hydroxyl groups is 2. The summed E-state index contributed by atoms with van der Waals surface area (Å²) in [5, 5.41) is 29.0. The molecule has 2 aromatic rings. The number of esters is 1. The number of aliphatic hydroxyl groups excluding tert-OH is 2. The Morgan fingerprint density at radius 3 is 2.78 bits per heavy atom. The number of aromatic nitrogens is 3. The summed E-state index contributed by atoms with van der Waals surface area (Å²) in [5.74, 6) is -0.351. The Balaban J connectivity index is 1.54. The van der Waals surface area contributed by atoms with Crippen molar-refractivity contribution in [2.24, 2.45) is 10.7 Å². The third-order valence-electron chi connectivity index (χ3n) is 7.27. The number of carbonyl (C=O) groups is 2. The largest absolute Gasteiger partial charge is 0.463 e. The number of hydrogen-bond donors (Lipinski definition) is 4. The van der Waals surface area contributed by atoms with Crippen LogP contribution in [0, 0.1) is 0 Å². The van der Waals surface area contributed by atoms with Crippen LogP contribution in [0.4, 0.5) is 5.82 Å². The van der Waals surface area contributed by atoms with Crippen LogP contribution in [0.3, 0.4) is 0 Å². The molecule has 202 valence electrons. The topological polar surface area (TPSA) is 174 Å². The van der Waals surface area contributed by atoms with Crippen LogP contribution in [0.5, 0.6) is 0 Å². The van der Waals surface area contributed by atoms with Crippen LogP contribution in [-0.2, 0) is 24.7 Å². The van der Waals surface area contributed by atoms with E-state index in [4.69, 9.17) is 15.2 Å². The number of aliphatic imine (C=N–C) groups is 1. The Labute approximate surface area is 215 Å². The number of nitrogens with two attached hydrogens (primary N) is 1. The van der Waals surface area contributed by atoms with E-state index in [1.54, 1.807) is 12.1 Å². The van der Waals surface area contributed by atoms with E-state index in [9.17, 15) is 19.8 Å². The highest BCUT2D eigenvalue weighted by Gasteiger charge is 2.57. The van der Waals surface area contributed by atoms with Gasteiger partial charge in [0.2, 0.25) is 5.91 Å². The van der Waals surface area contributed by atoms with Gasteiger partial charge in [-0.15, -0.1) is 0 Å². The van der Waals surface area contributed by atoms with Crippen LogP contribution in [0.2, 0.25) is 0 Å². The number of fused-ring (bicyclic) bond motifs is 1. The molecule has 0 aromatic carbocycles. The second-order valence-corrected chi connectivity index (χ2v) is 10.1. The zero-order valence-electron chi connectivity index (χ0n) is 21.1. The van der Waals surface area contributed by atoms with Crippen molar-refractivity contribution in [3.8, 4) is 0 Å². The Morgan fingerprint density at radius 2 is 2.08 bits per heavy atom. The Morgan fingerprint density at radius 1 is 1.32 bits per heavy atom. The molecule has 4 rings (SSSR count). The van der Waals surface area contributed by atoms with Crippen LogP contribution < -0.4 is 11.1 Å². The molecule has 1 aliphatic heterocycles. The van der Waals surface area contributed by atoms with Gasteiger partial charge >= 0.3 is 5.97 Å². The van der Waals surface area contributed by atoms with E-state index in [1.165, 1.54) is 10.8 Å². The minimum atomic E-state index is -1.53. The lowest BCUT2D eigenvalue weighted by Gasteiger charge is -2.32. The summed E-state index contributed by atoms with van der Waals surface area (Å²) < 4.78 is 13.1. The molecule has 0 unspecified atom stereocenters. The van der Waals surface area contributed by atoms with Crippen LogP contribution in [0.1, 0.15) is 64.0 Å². The van der Waals surface area contributed by atoms with Crippen molar-refractivity contribution in [2.75, 3.05) is 18.5 Å². The molecule has 12 heteroatoms. The monoisotopic (exact) mass is 516 g/mol. The summed E-state index contributed by atoms with van der Waals surface area (Å²) in [4.78, 5) is 32.8. The standard InChI is InChI=1S/C25H36N6O6/c1-3-7-19(32)30-23-16-8-9-18(31(16)29-15-28-23)25(14-27-2)22(35)21(34)17(37-25)13-36-20(33)12-24(26)10-5-4-6-11-24/h8-9,15,17,21-22,34-35H,2-7,10-14,26H2,1H3,(H,28,29,30,32)/t17-,21-,22-,25+/m1/s1. The molecule has 2 fully saturated rings. The highest BCUT2D eigenvalue weighted by atomic mass is 16.6. The number of carbonyl (C=O) groups excluding carboxylic acids is 2. The predicted octanol–water partition coefficient (Wildman–Crippen LogP) is 1.08. The van der Waals surface area contributed by atoms with E-state index >= 15 is 0 Å². The molecule has 1 amide bonds. The third kappa shape index (κ3) is 5.52. The number of nitrogens with zero attached hydrogens (tertiary/aromatic N) is 4. The zero-order chi connectivity index (χ0) is 26.6. The molecule has 2 aromatic heterocycles. The summed E-state index contributed by atoms with van der Waals surface area (Å²) in [7, 11) is 0. The van der Waals surface area contributed by atoms with Crippen molar-refractivity contribution in [2.45, 2.75) is 87.7 Å². The van der Waals surface area contributed by atoms with Gasteiger partial charge in [-0.2, -0.15) is 5.10 Å². The molecule has 0 bridgehead atoms. The van der Waals surface area contributed by atoms with Crippen molar-refractivity contribution in [3.05, 3.63) is 24.2 Å². The summed E-state index contributed by atoms with van der Waals surface area (Å²) in [6, 6.07) is 3.35. The molecule has 1 saturated heterocycles. The number of amides is 1. The minimum Gasteiger partial charge on any atom is -0.463 e. The lowest BCUT2D eigenvalue weighted by Crippen LogP contribution is -2.44. The lowest BCUT2D eigenvalue weighted by molar-refractivity contribution is -0.154. The summed E-state index contributed by atoms with van der Waals surface area (Å²) >= 11 is 0. The molecular weight excluding hydrogens is 480 g/mol. The Hall–Kier alpha value is -2.93. The van der Waals surface area contributed by atoms with E-state index in [0.717, 1.165) is 32.1 Å². The average Bonchev–Trinajstić information content (AvgIpc) is 3.40. The molecule has 4 atom stereocenters. The smallest absolute Gasteiger partial charge is 0.307 e. The van der Waals surface area contributed by atoms with E-state index in [-0.39, 0.29) is 25.5 Å². The molecule has 1 aliphatic carbocycles. The van der Waals surface area contributed by atoms with E-state index in [1.807, 2.05) is 6.92 Å². The third-order valence-corrected chi connectivity index (χ3v) is 7.27. The van der Waals surface area contributed by atoms with Gasteiger partial charge in [0, 0.05) is 12.0 Å². The van der Waals surface area contributed by atoms with Gasteiger partial charge in [0.15, 0.2) is 11.4 Å². The maximum absolute atomic E-state index is 12.5. The number of ether oxygens (including phenoxy) is 2. The summed E-state index contributed by atoms with van der Waals surface area (Å²) in [5.41, 5.74) is 5.13. The molecule has 12 nitrogen and oxygen atoms in total. The lowest BCUT2D eigenvalue weighted by atomic mass is 9.80. The number of nitrogens with one attached hydrogen (secondary N) is 1. The molecular formula is C25H36N6O6. The first kappa shape index (κ1) is 27.1. The van der Waals surface area contributed by atoms with Crippen LogP contribution in [-0.4, -0.2) is 80.4 Å². The Kier molecular flexibility index (Phi) is 8.22. The van der Waals surface area contributed by atoms with Gasteiger partial charge in [-0.1, -0.05) is 26.2 Å². The van der Waals surface area contributed by atoms with Gasteiger partial charge in [-0.05, 0) is 38.1 Å². The number of hydrogen-bond acceptors (Lipinski definition) is 10. The average molecular weight is 517 g/mol. The van der Waals surface area contributed by atoms with E-state index in [2.05, 4.69) is 27.1 Å². The molecule has 1 saturated carbocycles. The van der Waals surface area contributed by atoms with E-state index in [0.29, 0.717) is 29.9 Å². The SMILES string of the molecule is C=NC[C@@]1(c2ccc3c(NC(=O)CCC)ncnn23)O[C@H](COC(=O)CC2(N)CCCCC2)[C@@H](O)[C@H]1O. The number of rotatable bonds is 10. The summed E-state index contributed by atoms with van der Waals surface area (Å²) in [6.45, 7) is 5.08. The second kappa shape index (κ2) is 11.2. The highest BCUT2D eigenvalue weighted by Crippen LogP contribution is 2.41. The predicted molar refractivity (Wildman–Crippen MR) is 135 cm³/mol. The van der Waals surface area contributed by atoms with Crippen molar-refractivity contribution in [1.29, 1.82) is 0 Å². The van der Waals surface area contributed by atoms with Crippen LogP contribution in [0.15, 0.2) is 23.5 Å². The molecule has 3 heterocycles. The molecule has 0 spiro atoms. The second-order valence-electron chi connectivity index (χ2n) is 10.1. The first-order valence-electron chi connectivity index (χ1n) is 12.8. The first-order valence-corrected chi connectivity index (χ1v) is 12.8. The van der Waals surface area contributed by atoms with Crippen molar-refractivity contribution >= 4 is 29.9 Å². The molecule has 37 heavy (non-hydrogen) atoms.